The highest BCUT2D eigenvalue weighted by atomic mass is 16.5. The third-order valence-corrected chi connectivity index (χ3v) is 3.56. The molecule has 0 saturated carbocycles. The number of aryl methyl sites for hydroxylation is 2. The van der Waals surface area contributed by atoms with Crippen molar-refractivity contribution >= 4 is 0 Å². The van der Waals surface area contributed by atoms with E-state index in [2.05, 4.69) is 36.6 Å². The van der Waals surface area contributed by atoms with E-state index in [1.807, 2.05) is 26.0 Å². The lowest BCUT2D eigenvalue weighted by atomic mass is 10.1. The topological polar surface area (TPSA) is 60.9 Å². The van der Waals surface area contributed by atoms with Crippen LogP contribution in [-0.2, 0) is 6.54 Å². The van der Waals surface area contributed by atoms with Gasteiger partial charge in [-0.05, 0) is 25.3 Å². The lowest BCUT2D eigenvalue weighted by Gasteiger charge is -2.08. The number of rotatable bonds is 6. The Morgan fingerprint density at radius 2 is 2.17 bits per heavy atom. The molecule has 0 spiro atoms. The molecule has 2 aromatic rings. The van der Waals surface area contributed by atoms with Crippen LogP contribution in [0.4, 0.5) is 0 Å². The van der Waals surface area contributed by atoms with Crippen molar-refractivity contribution in [2.75, 3.05) is 0 Å². The second-order valence-corrected chi connectivity index (χ2v) is 6.03. The van der Waals surface area contributed by atoms with E-state index in [0.29, 0.717) is 18.2 Å². The fourth-order valence-corrected chi connectivity index (χ4v) is 2.42. The van der Waals surface area contributed by atoms with Gasteiger partial charge in [0.05, 0.1) is 17.8 Å². The Kier molecular flexibility index (Phi) is 5.68. The van der Waals surface area contributed by atoms with E-state index in [1.54, 1.807) is 23.0 Å². The quantitative estimate of drug-likeness (QED) is 0.757. The highest BCUT2D eigenvalue weighted by Gasteiger charge is 2.13. The third kappa shape index (κ3) is 4.19. The fourth-order valence-electron chi connectivity index (χ4n) is 2.42. The average Bonchev–Trinajstić information content (AvgIpc) is 2.86. The van der Waals surface area contributed by atoms with Gasteiger partial charge < -0.3 is 4.52 Å². The van der Waals surface area contributed by atoms with Gasteiger partial charge in [0.2, 0.25) is 0 Å². The molecule has 0 aliphatic rings. The monoisotopic (exact) mass is 325 g/mol. The highest BCUT2D eigenvalue weighted by molar-refractivity contribution is 5.65. The van der Waals surface area contributed by atoms with E-state index in [1.165, 1.54) is 0 Å². The molecule has 24 heavy (non-hydrogen) atoms. The normalized spacial score (nSPS) is 12.3. The number of nitrogens with zero attached hydrogens (tertiary/aromatic N) is 3. The molecule has 126 valence electrons. The van der Waals surface area contributed by atoms with Gasteiger partial charge in [-0.15, -0.1) is 0 Å². The van der Waals surface area contributed by atoms with Crippen molar-refractivity contribution in [1.29, 1.82) is 0 Å². The van der Waals surface area contributed by atoms with Crippen molar-refractivity contribution in [1.82, 2.24) is 14.7 Å². The van der Waals surface area contributed by atoms with Crippen molar-refractivity contribution in [2.24, 2.45) is 5.92 Å². The molecule has 0 atom stereocenters. The number of hydrogen-bond acceptors (Lipinski definition) is 4. The maximum Gasteiger partial charge on any atom is 0.347 e. The Balaban J connectivity index is 2.40. The van der Waals surface area contributed by atoms with Crippen molar-refractivity contribution in [3.8, 4) is 11.1 Å². The molecule has 0 bridgehead atoms. The Morgan fingerprint density at radius 3 is 2.75 bits per heavy atom. The minimum absolute atomic E-state index is 0.293. The van der Waals surface area contributed by atoms with Gasteiger partial charge in [-0.1, -0.05) is 49.9 Å². The number of aromatic nitrogens is 3. The summed E-state index contributed by atoms with van der Waals surface area (Å²) in [5.41, 5.74) is 3.16. The first-order valence-corrected chi connectivity index (χ1v) is 7.92. The Bertz CT molecular complexity index is 819. The molecule has 0 aromatic carbocycles. The van der Waals surface area contributed by atoms with Gasteiger partial charge in [-0.2, -0.15) is 0 Å². The van der Waals surface area contributed by atoms with Crippen LogP contribution in [0.15, 0.2) is 58.2 Å². The summed E-state index contributed by atoms with van der Waals surface area (Å²) in [4.78, 5) is 16.1. The molecule has 0 aliphatic heterocycles. The highest BCUT2D eigenvalue weighted by Crippen LogP contribution is 2.25. The molecule has 0 fully saturated rings. The van der Waals surface area contributed by atoms with E-state index in [-0.39, 0.29) is 5.69 Å². The van der Waals surface area contributed by atoms with E-state index in [4.69, 9.17) is 4.52 Å². The number of hydrogen-bond donors (Lipinski definition) is 0. The van der Waals surface area contributed by atoms with E-state index < -0.39 is 0 Å². The van der Waals surface area contributed by atoms with Crippen LogP contribution in [0.2, 0.25) is 0 Å². The first-order chi connectivity index (χ1) is 11.4. The largest absolute Gasteiger partial charge is 0.361 e. The zero-order valence-corrected chi connectivity index (χ0v) is 14.6. The average molecular weight is 325 g/mol. The summed E-state index contributed by atoms with van der Waals surface area (Å²) < 4.78 is 6.79. The zero-order chi connectivity index (χ0) is 17.7. The lowest BCUT2D eigenvalue weighted by Crippen LogP contribution is -2.23. The van der Waals surface area contributed by atoms with Crippen LogP contribution in [0.1, 0.15) is 25.3 Å². The molecule has 0 amide bonds. The summed E-state index contributed by atoms with van der Waals surface area (Å²) in [6.07, 6.45) is 11.1. The van der Waals surface area contributed by atoms with E-state index in [0.717, 1.165) is 22.4 Å². The fraction of sp³-hybridized carbons (Fsp3) is 0.316. The van der Waals surface area contributed by atoms with Gasteiger partial charge in [-0.25, -0.2) is 9.78 Å². The van der Waals surface area contributed by atoms with Crippen molar-refractivity contribution in [3.05, 3.63) is 70.8 Å². The maximum atomic E-state index is 12.1. The molecule has 2 aromatic heterocycles. The standard InChI is InChI=1S/C19H23N3O2/c1-6-7-16(9-8-13(2)3)11-22-12-17(10-20-19(22)23)18-14(4)21-24-15(18)5/h6-10,12-13H,1,11H2,2-5H3/b9-8-,16-7+. The smallest absolute Gasteiger partial charge is 0.347 e. The summed E-state index contributed by atoms with van der Waals surface area (Å²) in [5.74, 6) is 1.14. The molecule has 2 heterocycles. The van der Waals surface area contributed by atoms with Crippen LogP contribution in [0, 0.1) is 19.8 Å². The molecular weight excluding hydrogens is 302 g/mol. The SMILES string of the molecule is C=C/C=C(\C=C/C(C)C)Cn1cc(-c2c(C)noc2C)cnc1=O. The zero-order valence-electron chi connectivity index (χ0n) is 14.6. The number of allylic oxidation sites excluding steroid dienone is 5. The molecule has 0 unspecified atom stereocenters. The van der Waals surface area contributed by atoms with Crippen LogP contribution in [-0.4, -0.2) is 14.7 Å². The Hall–Kier alpha value is -2.69. The maximum absolute atomic E-state index is 12.1. The second-order valence-electron chi connectivity index (χ2n) is 6.03. The summed E-state index contributed by atoms with van der Waals surface area (Å²) in [6.45, 7) is 12.1. The van der Waals surface area contributed by atoms with Gasteiger partial charge in [0.15, 0.2) is 0 Å². The molecule has 5 heteroatoms. The van der Waals surface area contributed by atoms with Crippen LogP contribution >= 0.6 is 0 Å². The first-order valence-electron chi connectivity index (χ1n) is 7.92. The minimum Gasteiger partial charge on any atom is -0.361 e. The van der Waals surface area contributed by atoms with Crippen LogP contribution < -0.4 is 5.69 Å². The molecule has 0 saturated heterocycles. The summed E-state index contributed by atoms with van der Waals surface area (Å²) >= 11 is 0. The predicted octanol–water partition coefficient (Wildman–Crippen LogP) is 3.84. The summed E-state index contributed by atoms with van der Waals surface area (Å²) in [5, 5.41) is 3.96. The Morgan fingerprint density at radius 1 is 1.42 bits per heavy atom. The van der Waals surface area contributed by atoms with Gasteiger partial charge in [0, 0.05) is 18.0 Å². The molecule has 2 rings (SSSR count). The van der Waals surface area contributed by atoms with Gasteiger partial charge >= 0.3 is 5.69 Å². The van der Waals surface area contributed by atoms with E-state index >= 15 is 0 Å². The first kappa shape index (κ1) is 17.7. The van der Waals surface area contributed by atoms with Gasteiger partial charge in [-0.3, -0.25) is 4.57 Å². The molecule has 0 aliphatic carbocycles. The summed E-state index contributed by atoms with van der Waals surface area (Å²) in [6, 6.07) is 0. The van der Waals surface area contributed by atoms with Crippen molar-refractivity contribution in [3.63, 3.8) is 0 Å². The Labute approximate surface area is 142 Å². The predicted molar refractivity (Wildman–Crippen MR) is 95.7 cm³/mol. The molecule has 0 N–H and O–H groups in total. The lowest BCUT2D eigenvalue weighted by molar-refractivity contribution is 0.393. The minimum atomic E-state index is -0.293. The van der Waals surface area contributed by atoms with Crippen LogP contribution in [0.25, 0.3) is 11.1 Å². The second kappa shape index (κ2) is 7.73. The molecule has 0 radical (unpaired) electrons. The van der Waals surface area contributed by atoms with Gasteiger partial charge in [0.1, 0.15) is 5.76 Å². The molecule has 5 nitrogen and oxygen atoms in total. The van der Waals surface area contributed by atoms with Crippen molar-refractivity contribution in [2.45, 2.75) is 34.2 Å². The van der Waals surface area contributed by atoms with E-state index in [9.17, 15) is 4.79 Å². The van der Waals surface area contributed by atoms with Crippen molar-refractivity contribution < 1.29 is 4.52 Å². The molecular formula is C19H23N3O2. The third-order valence-electron chi connectivity index (χ3n) is 3.56. The van der Waals surface area contributed by atoms with Crippen LogP contribution in [0.5, 0.6) is 0 Å². The van der Waals surface area contributed by atoms with Gasteiger partial charge in [0.25, 0.3) is 0 Å². The summed E-state index contributed by atoms with van der Waals surface area (Å²) in [7, 11) is 0. The van der Waals surface area contributed by atoms with Crippen LogP contribution in [0.3, 0.4) is 0 Å².